The van der Waals surface area contributed by atoms with Crippen LogP contribution in [-0.2, 0) is 0 Å². The van der Waals surface area contributed by atoms with Crippen LogP contribution in [-0.4, -0.2) is 19.7 Å². The van der Waals surface area contributed by atoms with Crippen LogP contribution < -0.4 is 10.1 Å². The van der Waals surface area contributed by atoms with Crippen molar-refractivity contribution in [3.63, 3.8) is 0 Å². The fourth-order valence-corrected chi connectivity index (χ4v) is 1.68. The van der Waals surface area contributed by atoms with Crippen LogP contribution in [0.1, 0.15) is 12.5 Å². The van der Waals surface area contributed by atoms with E-state index in [4.69, 9.17) is 10.00 Å². The molecule has 1 atom stereocenters. The second-order valence-electron chi connectivity index (χ2n) is 3.24. The van der Waals surface area contributed by atoms with Gasteiger partial charge < -0.3 is 10.1 Å². The summed E-state index contributed by atoms with van der Waals surface area (Å²) in [6.45, 7) is 2.77. The fraction of sp³-hybridized carbons (Fsp3) is 0.364. The highest BCUT2D eigenvalue weighted by molar-refractivity contribution is 9.10. The van der Waals surface area contributed by atoms with Gasteiger partial charge in [0.25, 0.3) is 0 Å². The van der Waals surface area contributed by atoms with Crippen molar-refractivity contribution in [3.8, 4) is 11.8 Å². The Bertz CT molecular complexity index is 373. The molecule has 0 spiro atoms. The minimum Gasteiger partial charge on any atom is -0.488 e. The topological polar surface area (TPSA) is 45.0 Å². The summed E-state index contributed by atoms with van der Waals surface area (Å²) in [6, 6.07) is 7.37. The number of benzene rings is 1. The van der Waals surface area contributed by atoms with Gasteiger partial charge in [-0.2, -0.15) is 5.26 Å². The Balaban J connectivity index is 2.74. The van der Waals surface area contributed by atoms with Crippen LogP contribution in [0.4, 0.5) is 0 Å². The van der Waals surface area contributed by atoms with Crippen molar-refractivity contribution in [2.75, 3.05) is 13.6 Å². The molecule has 1 N–H and O–H groups in total. The minimum absolute atomic E-state index is 0.0965. The van der Waals surface area contributed by atoms with Crippen LogP contribution in [0.15, 0.2) is 22.7 Å². The SMILES string of the molecule is CNCC(C)Oc1ccc(C#N)cc1Br. The largest absolute Gasteiger partial charge is 0.488 e. The molecule has 0 fully saturated rings. The van der Waals surface area contributed by atoms with Gasteiger partial charge in [-0.15, -0.1) is 0 Å². The Kier molecular flexibility index (Phi) is 4.60. The summed E-state index contributed by atoms with van der Waals surface area (Å²) in [5.74, 6) is 0.761. The molecule has 0 heterocycles. The van der Waals surface area contributed by atoms with Gasteiger partial charge in [0.2, 0.25) is 0 Å². The third-order valence-corrected chi connectivity index (χ3v) is 2.50. The third-order valence-electron chi connectivity index (χ3n) is 1.88. The molecule has 0 amide bonds. The van der Waals surface area contributed by atoms with Gasteiger partial charge in [-0.1, -0.05) is 0 Å². The van der Waals surface area contributed by atoms with Crippen molar-refractivity contribution < 1.29 is 4.74 Å². The van der Waals surface area contributed by atoms with Crippen LogP contribution in [0.5, 0.6) is 5.75 Å². The summed E-state index contributed by atoms with van der Waals surface area (Å²) < 4.78 is 6.48. The van der Waals surface area contributed by atoms with Gasteiger partial charge in [-0.25, -0.2) is 0 Å². The van der Waals surface area contributed by atoms with Crippen molar-refractivity contribution in [3.05, 3.63) is 28.2 Å². The Morgan fingerprint density at radius 3 is 2.87 bits per heavy atom. The third kappa shape index (κ3) is 3.54. The van der Waals surface area contributed by atoms with Gasteiger partial charge in [0.15, 0.2) is 0 Å². The lowest BCUT2D eigenvalue weighted by Crippen LogP contribution is -2.26. The molecule has 4 heteroatoms. The molecule has 0 bridgehead atoms. The number of hydrogen-bond acceptors (Lipinski definition) is 3. The molecule has 3 nitrogen and oxygen atoms in total. The van der Waals surface area contributed by atoms with E-state index in [2.05, 4.69) is 27.3 Å². The van der Waals surface area contributed by atoms with Gasteiger partial charge >= 0.3 is 0 Å². The molecule has 0 aliphatic carbocycles. The molecular weight excluding hydrogens is 256 g/mol. The highest BCUT2D eigenvalue weighted by Crippen LogP contribution is 2.26. The molecule has 80 valence electrons. The number of rotatable bonds is 4. The average molecular weight is 269 g/mol. The summed E-state index contributed by atoms with van der Waals surface area (Å²) in [5.41, 5.74) is 0.621. The molecule has 0 aromatic heterocycles. The van der Waals surface area contributed by atoms with Crippen LogP contribution in [0, 0.1) is 11.3 Å². The van der Waals surface area contributed by atoms with E-state index < -0.39 is 0 Å². The van der Waals surface area contributed by atoms with Crippen molar-refractivity contribution in [2.45, 2.75) is 13.0 Å². The fourth-order valence-electron chi connectivity index (χ4n) is 1.21. The number of nitrogens with one attached hydrogen (secondary N) is 1. The van der Waals surface area contributed by atoms with E-state index in [0.717, 1.165) is 16.8 Å². The second kappa shape index (κ2) is 5.74. The maximum Gasteiger partial charge on any atom is 0.134 e. The van der Waals surface area contributed by atoms with Crippen LogP contribution in [0.2, 0.25) is 0 Å². The van der Waals surface area contributed by atoms with Crippen LogP contribution in [0.25, 0.3) is 0 Å². The van der Waals surface area contributed by atoms with Gasteiger partial charge in [-0.05, 0) is 48.1 Å². The molecule has 1 unspecified atom stereocenters. The number of nitriles is 1. The zero-order chi connectivity index (χ0) is 11.3. The number of likely N-dealkylation sites (N-methyl/N-ethyl adjacent to an activating group) is 1. The van der Waals surface area contributed by atoms with E-state index in [1.54, 1.807) is 18.2 Å². The highest BCUT2D eigenvalue weighted by Gasteiger charge is 2.06. The molecule has 0 aliphatic heterocycles. The lowest BCUT2D eigenvalue weighted by Gasteiger charge is -2.15. The standard InChI is InChI=1S/C11H13BrN2O/c1-8(7-14-2)15-11-4-3-9(6-13)5-10(11)12/h3-5,8,14H,7H2,1-2H3. The predicted octanol–water partition coefficient (Wildman–Crippen LogP) is 2.31. The summed E-state index contributed by atoms with van der Waals surface area (Å²) in [6.07, 6.45) is 0.0965. The lowest BCUT2D eigenvalue weighted by molar-refractivity contribution is 0.219. The van der Waals surface area contributed by atoms with Crippen molar-refractivity contribution in [2.24, 2.45) is 0 Å². The summed E-state index contributed by atoms with van der Waals surface area (Å²) in [4.78, 5) is 0. The Morgan fingerprint density at radius 1 is 1.60 bits per heavy atom. The monoisotopic (exact) mass is 268 g/mol. The van der Waals surface area contributed by atoms with E-state index in [1.807, 2.05) is 14.0 Å². The molecular formula is C11H13BrN2O. The lowest BCUT2D eigenvalue weighted by atomic mass is 10.2. The Labute approximate surface area is 98.2 Å². The Morgan fingerprint density at radius 2 is 2.33 bits per heavy atom. The summed E-state index contributed by atoms with van der Waals surface area (Å²) in [5, 5.41) is 11.7. The van der Waals surface area contributed by atoms with Crippen molar-refractivity contribution >= 4 is 15.9 Å². The molecule has 0 radical (unpaired) electrons. The smallest absolute Gasteiger partial charge is 0.134 e. The van der Waals surface area contributed by atoms with E-state index in [1.165, 1.54) is 0 Å². The van der Waals surface area contributed by atoms with Gasteiger partial charge in [0.1, 0.15) is 11.9 Å². The average Bonchev–Trinajstić information content (AvgIpc) is 2.21. The van der Waals surface area contributed by atoms with Gasteiger partial charge in [0, 0.05) is 6.54 Å². The first-order valence-corrected chi connectivity index (χ1v) is 5.47. The van der Waals surface area contributed by atoms with Crippen LogP contribution >= 0.6 is 15.9 Å². The van der Waals surface area contributed by atoms with Crippen molar-refractivity contribution in [1.29, 1.82) is 5.26 Å². The summed E-state index contributed by atoms with van der Waals surface area (Å²) >= 11 is 3.37. The molecule has 0 saturated carbocycles. The predicted molar refractivity (Wildman–Crippen MR) is 62.9 cm³/mol. The first kappa shape index (κ1) is 12.0. The number of halogens is 1. The number of ether oxygens (including phenoxy) is 1. The first-order chi connectivity index (χ1) is 7.17. The Hall–Kier alpha value is -1.05. The molecule has 0 saturated heterocycles. The zero-order valence-electron chi connectivity index (χ0n) is 8.75. The molecule has 1 rings (SSSR count). The minimum atomic E-state index is 0.0965. The van der Waals surface area contributed by atoms with E-state index in [9.17, 15) is 0 Å². The normalized spacial score (nSPS) is 11.9. The van der Waals surface area contributed by atoms with Crippen LogP contribution in [0.3, 0.4) is 0 Å². The zero-order valence-corrected chi connectivity index (χ0v) is 10.3. The number of hydrogen-bond donors (Lipinski definition) is 1. The van der Waals surface area contributed by atoms with Crippen molar-refractivity contribution in [1.82, 2.24) is 5.32 Å². The summed E-state index contributed by atoms with van der Waals surface area (Å²) in [7, 11) is 1.88. The quantitative estimate of drug-likeness (QED) is 0.912. The van der Waals surface area contributed by atoms with Gasteiger partial charge in [-0.3, -0.25) is 0 Å². The van der Waals surface area contributed by atoms with Gasteiger partial charge in [0.05, 0.1) is 16.1 Å². The first-order valence-electron chi connectivity index (χ1n) is 4.68. The molecule has 0 aliphatic rings. The number of nitrogens with zero attached hydrogens (tertiary/aromatic N) is 1. The molecule has 15 heavy (non-hydrogen) atoms. The van der Waals surface area contributed by atoms with E-state index in [0.29, 0.717) is 5.56 Å². The highest BCUT2D eigenvalue weighted by atomic mass is 79.9. The maximum absolute atomic E-state index is 8.70. The maximum atomic E-state index is 8.70. The van der Waals surface area contributed by atoms with E-state index in [-0.39, 0.29) is 6.10 Å². The molecule has 1 aromatic rings. The second-order valence-corrected chi connectivity index (χ2v) is 4.10. The molecule has 1 aromatic carbocycles. The van der Waals surface area contributed by atoms with E-state index >= 15 is 0 Å².